The molecule has 0 saturated carbocycles. The van der Waals surface area contributed by atoms with Gasteiger partial charge < -0.3 is 10.6 Å². The summed E-state index contributed by atoms with van der Waals surface area (Å²) in [6, 6.07) is 5.77. The first-order chi connectivity index (χ1) is 9.83. The first-order valence-corrected chi connectivity index (χ1v) is 7.47. The van der Waals surface area contributed by atoms with Crippen molar-refractivity contribution in [2.75, 3.05) is 19.6 Å². The normalized spacial score (nSPS) is 14.9. The Morgan fingerprint density at radius 2 is 2.45 bits per heavy atom. The van der Waals surface area contributed by atoms with Gasteiger partial charge in [0.2, 0.25) is 0 Å². The topological polar surface area (TPSA) is 69.8 Å². The van der Waals surface area contributed by atoms with E-state index in [1.807, 2.05) is 17.5 Å². The second kappa shape index (κ2) is 6.02. The largest absolute Gasteiger partial charge is 0.347 e. The molecule has 0 radical (unpaired) electrons. The molecule has 3 heterocycles. The first kappa shape index (κ1) is 13.1. The minimum Gasteiger partial charge on any atom is -0.347 e. The third-order valence-corrected chi connectivity index (χ3v) is 4.13. The summed E-state index contributed by atoms with van der Waals surface area (Å²) in [5.74, 6) is -0.136. The van der Waals surface area contributed by atoms with Gasteiger partial charge in [-0.25, -0.2) is 0 Å². The second-order valence-corrected chi connectivity index (χ2v) is 5.59. The highest BCUT2D eigenvalue weighted by Gasteiger charge is 2.12. The molecule has 0 aromatic carbocycles. The molecule has 2 aromatic heterocycles. The molecular formula is C14H16N4OS. The van der Waals surface area contributed by atoms with Crippen molar-refractivity contribution in [2.45, 2.75) is 6.42 Å². The fraction of sp³-hybridized carbons (Fsp3) is 0.286. The quantitative estimate of drug-likeness (QED) is 0.751. The van der Waals surface area contributed by atoms with E-state index in [-0.39, 0.29) is 5.91 Å². The molecule has 5 nitrogen and oxygen atoms in total. The number of nitrogens with zero attached hydrogens (tertiary/aromatic N) is 1. The fourth-order valence-electron chi connectivity index (χ4n) is 2.11. The molecular weight excluding hydrogens is 272 g/mol. The summed E-state index contributed by atoms with van der Waals surface area (Å²) in [7, 11) is 0. The smallest absolute Gasteiger partial charge is 0.272 e. The van der Waals surface area contributed by atoms with Crippen molar-refractivity contribution in [3.05, 3.63) is 40.9 Å². The van der Waals surface area contributed by atoms with Crippen molar-refractivity contribution in [2.24, 2.45) is 0 Å². The summed E-state index contributed by atoms with van der Waals surface area (Å²) in [4.78, 5) is 13.1. The van der Waals surface area contributed by atoms with E-state index in [4.69, 9.17) is 0 Å². The van der Waals surface area contributed by atoms with Crippen LogP contribution in [0.15, 0.2) is 35.2 Å². The number of aromatic nitrogens is 2. The van der Waals surface area contributed by atoms with Crippen LogP contribution in [0.2, 0.25) is 0 Å². The average molecular weight is 288 g/mol. The molecule has 6 heteroatoms. The van der Waals surface area contributed by atoms with Crippen LogP contribution in [0.5, 0.6) is 0 Å². The second-order valence-electron chi connectivity index (χ2n) is 4.64. The lowest BCUT2D eigenvalue weighted by atomic mass is 10.1. The molecule has 0 aliphatic carbocycles. The number of amides is 1. The number of carbonyl (C=O) groups is 1. The molecule has 3 N–H and O–H groups in total. The summed E-state index contributed by atoms with van der Waals surface area (Å²) in [5.41, 5.74) is 2.58. The van der Waals surface area contributed by atoms with Crippen molar-refractivity contribution < 1.29 is 4.79 Å². The highest BCUT2D eigenvalue weighted by atomic mass is 32.1. The van der Waals surface area contributed by atoms with Gasteiger partial charge in [-0.2, -0.15) is 5.10 Å². The van der Waals surface area contributed by atoms with Crippen molar-refractivity contribution in [1.82, 2.24) is 20.8 Å². The van der Waals surface area contributed by atoms with Gasteiger partial charge in [0.25, 0.3) is 5.91 Å². The van der Waals surface area contributed by atoms with Gasteiger partial charge in [0, 0.05) is 13.1 Å². The molecule has 3 rings (SSSR count). The number of carbonyl (C=O) groups excluding carboxylic acids is 1. The van der Waals surface area contributed by atoms with E-state index in [1.54, 1.807) is 17.4 Å². The van der Waals surface area contributed by atoms with Crippen LogP contribution in [0, 0.1) is 0 Å². The zero-order chi connectivity index (χ0) is 13.8. The van der Waals surface area contributed by atoms with Crippen molar-refractivity contribution in [3.8, 4) is 10.6 Å². The van der Waals surface area contributed by atoms with Crippen molar-refractivity contribution in [3.63, 3.8) is 0 Å². The van der Waals surface area contributed by atoms with Gasteiger partial charge in [0.15, 0.2) is 5.69 Å². The predicted octanol–water partition coefficient (Wildman–Crippen LogP) is 1.79. The number of thiophene rings is 1. The predicted molar refractivity (Wildman–Crippen MR) is 79.8 cm³/mol. The number of H-pyrrole nitrogens is 1. The minimum atomic E-state index is -0.136. The number of hydrogen-bond donors (Lipinski definition) is 3. The Balaban J connectivity index is 1.61. The number of hydrogen-bond acceptors (Lipinski definition) is 4. The van der Waals surface area contributed by atoms with Gasteiger partial charge in [-0.05, 0) is 30.5 Å². The molecule has 1 aliphatic rings. The maximum Gasteiger partial charge on any atom is 0.272 e. The average Bonchev–Trinajstić information content (AvgIpc) is 3.16. The Labute approximate surface area is 121 Å². The molecule has 0 bridgehead atoms. The summed E-state index contributed by atoms with van der Waals surface area (Å²) in [6.07, 6.45) is 3.12. The molecule has 1 aliphatic heterocycles. The van der Waals surface area contributed by atoms with E-state index in [0.717, 1.165) is 30.1 Å². The third kappa shape index (κ3) is 2.97. The number of nitrogens with one attached hydrogen (secondary N) is 3. The molecule has 2 aromatic rings. The molecule has 0 atom stereocenters. The van der Waals surface area contributed by atoms with Crippen LogP contribution < -0.4 is 10.6 Å². The Bertz CT molecular complexity index is 615. The van der Waals surface area contributed by atoms with E-state index >= 15 is 0 Å². The zero-order valence-corrected chi connectivity index (χ0v) is 11.8. The molecule has 0 fully saturated rings. The van der Waals surface area contributed by atoms with Crippen LogP contribution in [0.25, 0.3) is 10.6 Å². The van der Waals surface area contributed by atoms with Gasteiger partial charge in [-0.1, -0.05) is 17.7 Å². The third-order valence-electron chi connectivity index (χ3n) is 3.23. The first-order valence-electron chi connectivity index (χ1n) is 6.59. The summed E-state index contributed by atoms with van der Waals surface area (Å²) in [5, 5.41) is 15.1. The molecule has 104 valence electrons. The number of rotatable bonds is 4. The standard InChI is InChI=1S/C14H16N4OS/c19-14(16-9-10-3-5-15-6-4-10)12-8-11(17-18-12)13-2-1-7-20-13/h1-3,7-8,15H,4-6,9H2,(H,16,19)(H,17,18). The Hall–Kier alpha value is -1.92. The van der Waals surface area contributed by atoms with Crippen LogP contribution in [-0.4, -0.2) is 35.7 Å². The summed E-state index contributed by atoms with van der Waals surface area (Å²) < 4.78 is 0. The van der Waals surface area contributed by atoms with E-state index in [1.165, 1.54) is 5.57 Å². The molecule has 20 heavy (non-hydrogen) atoms. The lowest BCUT2D eigenvalue weighted by Gasteiger charge is -2.14. The molecule has 1 amide bonds. The van der Waals surface area contributed by atoms with E-state index in [2.05, 4.69) is 26.9 Å². The van der Waals surface area contributed by atoms with Crippen LogP contribution in [-0.2, 0) is 0 Å². The maximum atomic E-state index is 12.0. The summed E-state index contributed by atoms with van der Waals surface area (Å²) in [6.45, 7) is 2.46. The highest BCUT2D eigenvalue weighted by molar-refractivity contribution is 7.13. The van der Waals surface area contributed by atoms with E-state index in [9.17, 15) is 4.79 Å². The number of aromatic amines is 1. The monoisotopic (exact) mass is 288 g/mol. The Morgan fingerprint density at radius 3 is 3.20 bits per heavy atom. The van der Waals surface area contributed by atoms with Crippen molar-refractivity contribution >= 4 is 17.2 Å². The molecule has 0 unspecified atom stereocenters. The van der Waals surface area contributed by atoms with Gasteiger partial charge in [0.05, 0.1) is 10.6 Å². The molecule has 0 saturated heterocycles. The van der Waals surface area contributed by atoms with Gasteiger partial charge >= 0.3 is 0 Å². The van der Waals surface area contributed by atoms with Crippen LogP contribution >= 0.6 is 11.3 Å². The van der Waals surface area contributed by atoms with Gasteiger partial charge in [0.1, 0.15) is 0 Å². The lowest BCUT2D eigenvalue weighted by Crippen LogP contribution is -2.29. The SMILES string of the molecule is O=C(NCC1=CCNCC1)c1cc(-c2cccs2)[nH]n1. The Kier molecular flexibility index (Phi) is 3.94. The molecule has 0 spiro atoms. The summed E-state index contributed by atoms with van der Waals surface area (Å²) >= 11 is 1.62. The minimum absolute atomic E-state index is 0.136. The van der Waals surface area contributed by atoms with Crippen molar-refractivity contribution in [1.29, 1.82) is 0 Å². The van der Waals surface area contributed by atoms with Gasteiger partial charge in [-0.15, -0.1) is 11.3 Å². The van der Waals surface area contributed by atoms with E-state index < -0.39 is 0 Å². The lowest BCUT2D eigenvalue weighted by molar-refractivity contribution is 0.0951. The van der Waals surface area contributed by atoms with Crippen LogP contribution in [0.1, 0.15) is 16.9 Å². The zero-order valence-electron chi connectivity index (χ0n) is 11.0. The van der Waals surface area contributed by atoms with Gasteiger partial charge in [-0.3, -0.25) is 9.89 Å². The fourth-order valence-corrected chi connectivity index (χ4v) is 2.80. The Morgan fingerprint density at radius 1 is 1.50 bits per heavy atom. The van der Waals surface area contributed by atoms with Crippen LogP contribution in [0.3, 0.4) is 0 Å². The van der Waals surface area contributed by atoms with Crippen LogP contribution in [0.4, 0.5) is 0 Å². The van der Waals surface area contributed by atoms with E-state index in [0.29, 0.717) is 12.2 Å². The highest BCUT2D eigenvalue weighted by Crippen LogP contribution is 2.22. The maximum absolute atomic E-state index is 12.0.